The van der Waals surface area contributed by atoms with Crippen molar-refractivity contribution in [2.45, 2.75) is 56.5 Å². The SMILES string of the molecule is C[C@H](CO)N1C(=O)[C@@H]2[C@H](C(=O)NCc3ccccc3)[C@]3(C)CCC2(O3)C1C(=O)Nc1ccc(Cl)cc1. The van der Waals surface area contributed by atoms with Gasteiger partial charge in [-0.25, -0.2) is 0 Å². The predicted molar refractivity (Wildman–Crippen MR) is 134 cm³/mol. The summed E-state index contributed by atoms with van der Waals surface area (Å²) in [6.07, 6.45) is 1.02. The molecule has 8 nitrogen and oxygen atoms in total. The van der Waals surface area contributed by atoms with Crippen molar-refractivity contribution < 1.29 is 24.2 Å². The highest BCUT2D eigenvalue weighted by Crippen LogP contribution is 2.63. The molecule has 3 aliphatic rings. The van der Waals surface area contributed by atoms with E-state index in [0.29, 0.717) is 30.1 Å². The van der Waals surface area contributed by atoms with Crippen molar-refractivity contribution in [1.82, 2.24) is 10.2 Å². The zero-order chi connectivity index (χ0) is 25.7. The van der Waals surface area contributed by atoms with Crippen molar-refractivity contribution >= 4 is 35.0 Å². The minimum Gasteiger partial charge on any atom is -0.394 e. The Labute approximate surface area is 215 Å². The number of amides is 3. The van der Waals surface area contributed by atoms with Crippen LogP contribution in [0.25, 0.3) is 0 Å². The van der Waals surface area contributed by atoms with E-state index >= 15 is 0 Å². The molecule has 36 heavy (non-hydrogen) atoms. The summed E-state index contributed by atoms with van der Waals surface area (Å²) < 4.78 is 6.56. The third kappa shape index (κ3) is 3.88. The maximum absolute atomic E-state index is 13.9. The van der Waals surface area contributed by atoms with Crippen LogP contribution in [-0.4, -0.2) is 57.6 Å². The topological polar surface area (TPSA) is 108 Å². The van der Waals surface area contributed by atoms with Crippen LogP contribution in [0.15, 0.2) is 54.6 Å². The number of carbonyl (C=O) groups excluding carboxylic acids is 3. The first kappa shape index (κ1) is 24.7. The lowest BCUT2D eigenvalue weighted by Gasteiger charge is -2.35. The lowest BCUT2D eigenvalue weighted by atomic mass is 9.66. The summed E-state index contributed by atoms with van der Waals surface area (Å²) in [5.74, 6) is -2.58. The molecule has 3 heterocycles. The highest BCUT2D eigenvalue weighted by molar-refractivity contribution is 6.30. The number of hydrogen-bond acceptors (Lipinski definition) is 5. The summed E-state index contributed by atoms with van der Waals surface area (Å²) in [5.41, 5.74) is -0.540. The molecule has 2 unspecified atom stereocenters. The van der Waals surface area contributed by atoms with E-state index in [1.54, 1.807) is 31.2 Å². The van der Waals surface area contributed by atoms with Gasteiger partial charge in [-0.2, -0.15) is 0 Å². The molecule has 3 saturated heterocycles. The van der Waals surface area contributed by atoms with Crippen molar-refractivity contribution in [1.29, 1.82) is 0 Å². The number of rotatable bonds is 7. The number of nitrogens with one attached hydrogen (secondary N) is 2. The number of benzene rings is 2. The van der Waals surface area contributed by atoms with Gasteiger partial charge in [-0.15, -0.1) is 0 Å². The smallest absolute Gasteiger partial charge is 0.250 e. The molecule has 2 aromatic rings. The average Bonchev–Trinajstić information content (AvgIpc) is 3.44. The maximum Gasteiger partial charge on any atom is 0.250 e. The standard InChI is InChI=1S/C27H30ClN3O5/c1-16(15-32)31-22(24(34)30-19-10-8-18(28)9-11-19)27-13-12-26(2,36-27)20(21(27)25(31)35)23(33)29-14-17-6-4-3-5-7-17/h3-11,16,20-22,32H,12-15H2,1-2H3,(H,29,33)(H,30,34)/t16-,20-,21+,22?,26+,27?/m1/s1. The third-order valence-electron chi connectivity index (χ3n) is 7.91. The molecule has 3 amide bonds. The number of fused-ring (bicyclic) bond motifs is 1. The van der Waals surface area contributed by atoms with Crippen LogP contribution >= 0.6 is 11.6 Å². The number of carbonyl (C=O) groups is 3. The van der Waals surface area contributed by atoms with Gasteiger partial charge in [0.15, 0.2) is 0 Å². The fraction of sp³-hybridized carbons (Fsp3) is 0.444. The highest BCUT2D eigenvalue weighted by atomic mass is 35.5. The summed E-state index contributed by atoms with van der Waals surface area (Å²) in [6, 6.07) is 14.6. The van der Waals surface area contributed by atoms with Crippen LogP contribution < -0.4 is 10.6 Å². The van der Waals surface area contributed by atoms with E-state index in [4.69, 9.17) is 16.3 Å². The van der Waals surface area contributed by atoms with E-state index in [-0.39, 0.29) is 18.4 Å². The first-order chi connectivity index (χ1) is 17.2. The summed E-state index contributed by atoms with van der Waals surface area (Å²) in [7, 11) is 0. The molecule has 2 aromatic carbocycles. The summed E-state index contributed by atoms with van der Waals surface area (Å²) in [4.78, 5) is 42.5. The molecule has 2 bridgehead atoms. The van der Waals surface area contributed by atoms with Crippen molar-refractivity contribution in [3.63, 3.8) is 0 Å². The van der Waals surface area contributed by atoms with Gasteiger partial charge in [-0.3, -0.25) is 14.4 Å². The largest absolute Gasteiger partial charge is 0.394 e. The summed E-state index contributed by atoms with van der Waals surface area (Å²) in [6.45, 7) is 3.56. The second kappa shape index (κ2) is 9.18. The molecule has 5 rings (SSSR count). The molecule has 6 atom stereocenters. The molecule has 0 saturated carbocycles. The summed E-state index contributed by atoms with van der Waals surface area (Å²) >= 11 is 5.98. The lowest BCUT2D eigenvalue weighted by molar-refractivity contribution is -0.147. The van der Waals surface area contributed by atoms with E-state index in [9.17, 15) is 19.5 Å². The molecule has 0 radical (unpaired) electrons. The van der Waals surface area contributed by atoms with Crippen LogP contribution in [0.2, 0.25) is 5.02 Å². The van der Waals surface area contributed by atoms with Gasteiger partial charge in [0, 0.05) is 17.3 Å². The van der Waals surface area contributed by atoms with E-state index in [0.717, 1.165) is 5.56 Å². The van der Waals surface area contributed by atoms with Crippen molar-refractivity contribution in [2.75, 3.05) is 11.9 Å². The van der Waals surface area contributed by atoms with E-state index in [2.05, 4.69) is 10.6 Å². The van der Waals surface area contributed by atoms with Crippen molar-refractivity contribution in [3.8, 4) is 0 Å². The lowest BCUT2D eigenvalue weighted by Crippen LogP contribution is -2.55. The van der Waals surface area contributed by atoms with Crippen molar-refractivity contribution in [2.24, 2.45) is 11.8 Å². The normalized spacial score (nSPS) is 31.3. The number of aliphatic hydroxyl groups excluding tert-OH is 1. The number of halogens is 1. The Morgan fingerprint density at radius 3 is 2.50 bits per heavy atom. The van der Waals surface area contributed by atoms with Crippen LogP contribution in [0.5, 0.6) is 0 Å². The third-order valence-corrected chi connectivity index (χ3v) is 8.16. The molecule has 0 aromatic heterocycles. The van der Waals surface area contributed by atoms with Gasteiger partial charge in [0.1, 0.15) is 11.6 Å². The quantitative estimate of drug-likeness (QED) is 0.530. The Morgan fingerprint density at radius 1 is 1.14 bits per heavy atom. The number of nitrogens with zero attached hydrogens (tertiary/aromatic N) is 1. The van der Waals surface area contributed by atoms with Gasteiger partial charge in [0.25, 0.3) is 0 Å². The Balaban J connectivity index is 1.46. The molecule has 9 heteroatoms. The average molecular weight is 512 g/mol. The number of likely N-dealkylation sites (tertiary alicyclic amines) is 1. The summed E-state index contributed by atoms with van der Waals surface area (Å²) in [5, 5.41) is 16.3. The highest BCUT2D eigenvalue weighted by Gasteiger charge is 2.78. The zero-order valence-corrected chi connectivity index (χ0v) is 21.0. The van der Waals surface area contributed by atoms with Gasteiger partial charge in [0.2, 0.25) is 17.7 Å². The van der Waals surface area contributed by atoms with Crippen LogP contribution in [0, 0.1) is 11.8 Å². The maximum atomic E-state index is 13.9. The molecule has 3 fully saturated rings. The van der Waals surface area contributed by atoms with E-state index in [1.807, 2.05) is 37.3 Å². The minimum absolute atomic E-state index is 0.267. The number of anilines is 1. The number of ether oxygens (including phenoxy) is 1. The fourth-order valence-corrected chi connectivity index (χ4v) is 6.39. The van der Waals surface area contributed by atoms with Crippen LogP contribution in [-0.2, 0) is 25.7 Å². The van der Waals surface area contributed by atoms with Gasteiger partial charge >= 0.3 is 0 Å². The predicted octanol–water partition coefficient (Wildman–Crippen LogP) is 2.74. The van der Waals surface area contributed by atoms with E-state index < -0.39 is 41.0 Å². The van der Waals surface area contributed by atoms with Crippen LogP contribution in [0.3, 0.4) is 0 Å². The number of hydrogen-bond donors (Lipinski definition) is 3. The molecule has 3 aliphatic heterocycles. The van der Waals surface area contributed by atoms with Gasteiger partial charge < -0.3 is 25.4 Å². The van der Waals surface area contributed by atoms with Crippen molar-refractivity contribution in [3.05, 3.63) is 65.2 Å². The van der Waals surface area contributed by atoms with Gasteiger partial charge in [-0.05, 0) is 56.5 Å². The fourth-order valence-electron chi connectivity index (χ4n) is 6.27. The van der Waals surface area contributed by atoms with Gasteiger partial charge in [-0.1, -0.05) is 41.9 Å². The Kier molecular flexibility index (Phi) is 6.31. The van der Waals surface area contributed by atoms with Crippen LogP contribution in [0.4, 0.5) is 5.69 Å². The molecular weight excluding hydrogens is 482 g/mol. The minimum atomic E-state index is -1.15. The molecule has 0 aliphatic carbocycles. The Bertz CT molecular complexity index is 1180. The zero-order valence-electron chi connectivity index (χ0n) is 20.2. The number of aliphatic hydroxyl groups is 1. The molecule has 190 valence electrons. The second-order valence-electron chi connectivity index (χ2n) is 10.2. The molecule has 3 N–H and O–H groups in total. The molecular formula is C27H30ClN3O5. The molecule has 1 spiro atoms. The van der Waals surface area contributed by atoms with Crippen LogP contribution in [0.1, 0.15) is 32.3 Å². The Hall–Kier alpha value is -2.94. The van der Waals surface area contributed by atoms with E-state index in [1.165, 1.54) is 4.90 Å². The van der Waals surface area contributed by atoms with Gasteiger partial charge in [0.05, 0.1) is 30.1 Å². The second-order valence-corrected chi connectivity index (χ2v) is 10.6. The monoisotopic (exact) mass is 511 g/mol. The Morgan fingerprint density at radius 2 is 1.83 bits per heavy atom. The first-order valence-electron chi connectivity index (χ1n) is 12.2. The first-order valence-corrected chi connectivity index (χ1v) is 12.6.